The molecule has 1 aromatic carbocycles. The van der Waals surface area contributed by atoms with Crippen LogP contribution in [-0.4, -0.2) is 17.7 Å². The number of fused-ring (bicyclic) bond motifs is 3. The molecule has 1 aromatic heterocycles. The largest absolute Gasteiger partial charge is 0.367 e. The van der Waals surface area contributed by atoms with Gasteiger partial charge in [0, 0.05) is 17.4 Å². The molecule has 0 amide bonds. The molecule has 0 spiro atoms. The molecule has 0 saturated carbocycles. The molecule has 2 heterocycles. The minimum Gasteiger partial charge on any atom is -0.367 e. The van der Waals surface area contributed by atoms with Gasteiger partial charge >= 0.3 is 0 Å². The molecular formula is C16H22N2O. The van der Waals surface area contributed by atoms with Crippen LogP contribution in [0.5, 0.6) is 0 Å². The molecule has 3 nitrogen and oxygen atoms in total. The molecule has 1 aliphatic heterocycles. The summed E-state index contributed by atoms with van der Waals surface area (Å²) in [6.07, 6.45) is 1.98. The molecule has 19 heavy (non-hydrogen) atoms. The maximum atomic E-state index is 6.13. The van der Waals surface area contributed by atoms with E-state index in [1.807, 2.05) is 0 Å². The lowest BCUT2D eigenvalue weighted by molar-refractivity contribution is -0.0701. The summed E-state index contributed by atoms with van der Waals surface area (Å²) in [6, 6.07) is 8.64. The van der Waals surface area contributed by atoms with E-state index in [4.69, 9.17) is 10.5 Å². The van der Waals surface area contributed by atoms with Gasteiger partial charge in [0.05, 0.1) is 12.3 Å². The fourth-order valence-electron chi connectivity index (χ4n) is 3.45. The Bertz CT molecular complexity index is 602. The van der Waals surface area contributed by atoms with Crippen molar-refractivity contribution in [3.8, 4) is 0 Å². The van der Waals surface area contributed by atoms with Crippen molar-refractivity contribution in [3.63, 3.8) is 0 Å². The highest BCUT2D eigenvalue weighted by Gasteiger charge is 2.36. The monoisotopic (exact) mass is 258 g/mol. The van der Waals surface area contributed by atoms with Crippen LogP contribution in [0.1, 0.15) is 31.0 Å². The predicted molar refractivity (Wildman–Crippen MR) is 78.3 cm³/mol. The van der Waals surface area contributed by atoms with Crippen molar-refractivity contribution in [3.05, 3.63) is 35.5 Å². The van der Waals surface area contributed by atoms with Crippen LogP contribution in [0.4, 0.5) is 0 Å². The minimum absolute atomic E-state index is 0.194. The van der Waals surface area contributed by atoms with Gasteiger partial charge in [-0.25, -0.2) is 0 Å². The zero-order valence-corrected chi connectivity index (χ0v) is 11.8. The quantitative estimate of drug-likeness (QED) is 0.919. The number of nitrogens with two attached hydrogens (primary N) is 1. The summed E-state index contributed by atoms with van der Waals surface area (Å²) in [5, 5.41) is 1.35. The average Bonchev–Trinajstić information content (AvgIpc) is 2.73. The standard InChI is InChI=1S/C16H22N2O/c1-12-13-6-3-4-7-14(13)18-10-11-19-16(2,15(12)18)8-5-9-17/h3-4,6-7H,5,8-11,17H2,1-2H3. The Morgan fingerprint density at radius 2 is 2.16 bits per heavy atom. The molecule has 0 bridgehead atoms. The van der Waals surface area contributed by atoms with Gasteiger partial charge in [-0.2, -0.15) is 0 Å². The molecule has 2 N–H and O–H groups in total. The number of benzene rings is 1. The molecular weight excluding hydrogens is 236 g/mol. The third-order valence-electron chi connectivity index (χ3n) is 4.32. The Labute approximate surface area is 114 Å². The summed E-state index contributed by atoms with van der Waals surface area (Å²) in [6.45, 7) is 6.87. The van der Waals surface area contributed by atoms with Gasteiger partial charge in [0.15, 0.2) is 0 Å². The van der Waals surface area contributed by atoms with Crippen molar-refractivity contribution >= 4 is 10.9 Å². The molecule has 0 aliphatic carbocycles. The number of hydrogen-bond acceptors (Lipinski definition) is 2. The van der Waals surface area contributed by atoms with Crippen LogP contribution >= 0.6 is 0 Å². The first-order chi connectivity index (χ1) is 9.17. The number of para-hydroxylation sites is 1. The number of rotatable bonds is 3. The van der Waals surface area contributed by atoms with Gasteiger partial charge in [-0.3, -0.25) is 0 Å². The van der Waals surface area contributed by atoms with E-state index in [2.05, 4.69) is 42.7 Å². The smallest absolute Gasteiger partial charge is 0.106 e. The predicted octanol–water partition coefficient (Wildman–Crippen LogP) is 2.93. The van der Waals surface area contributed by atoms with Crippen molar-refractivity contribution in [2.75, 3.05) is 13.2 Å². The third kappa shape index (κ3) is 1.88. The molecule has 2 aromatic rings. The number of ether oxygens (including phenoxy) is 1. The van der Waals surface area contributed by atoms with Crippen molar-refractivity contribution in [2.24, 2.45) is 5.73 Å². The fraction of sp³-hybridized carbons (Fsp3) is 0.500. The summed E-state index contributed by atoms with van der Waals surface area (Å²) in [5.74, 6) is 0. The van der Waals surface area contributed by atoms with Gasteiger partial charge in [0.25, 0.3) is 0 Å². The van der Waals surface area contributed by atoms with Gasteiger partial charge in [0.2, 0.25) is 0 Å². The van der Waals surface area contributed by atoms with E-state index in [9.17, 15) is 0 Å². The van der Waals surface area contributed by atoms with Gasteiger partial charge < -0.3 is 15.0 Å². The van der Waals surface area contributed by atoms with Crippen LogP contribution in [0.3, 0.4) is 0 Å². The van der Waals surface area contributed by atoms with Gasteiger partial charge in [-0.05, 0) is 44.9 Å². The van der Waals surface area contributed by atoms with Crippen LogP contribution in [0.15, 0.2) is 24.3 Å². The molecule has 1 atom stereocenters. The van der Waals surface area contributed by atoms with Crippen LogP contribution in [0, 0.1) is 6.92 Å². The SMILES string of the molecule is Cc1c2n(c3ccccc13)CCOC2(C)CCCN. The summed E-state index contributed by atoms with van der Waals surface area (Å²) in [4.78, 5) is 0. The fourth-order valence-corrected chi connectivity index (χ4v) is 3.45. The molecule has 1 unspecified atom stereocenters. The lowest BCUT2D eigenvalue weighted by Crippen LogP contribution is -2.36. The van der Waals surface area contributed by atoms with E-state index in [0.717, 1.165) is 32.5 Å². The highest BCUT2D eigenvalue weighted by molar-refractivity contribution is 5.85. The Kier molecular flexibility index (Phi) is 3.11. The highest BCUT2D eigenvalue weighted by Crippen LogP contribution is 2.40. The summed E-state index contributed by atoms with van der Waals surface area (Å²) in [5.41, 5.74) is 9.51. The average molecular weight is 258 g/mol. The Hall–Kier alpha value is -1.32. The first kappa shape index (κ1) is 12.7. The van der Waals surface area contributed by atoms with Crippen LogP contribution in [0.25, 0.3) is 10.9 Å². The van der Waals surface area contributed by atoms with E-state index >= 15 is 0 Å². The zero-order chi connectivity index (χ0) is 13.5. The van der Waals surface area contributed by atoms with Crippen LogP contribution in [0.2, 0.25) is 0 Å². The topological polar surface area (TPSA) is 40.2 Å². The number of aryl methyl sites for hydroxylation is 1. The van der Waals surface area contributed by atoms with Crippen molar-refractivity contribution in [2.45, 2.75) is 38.8 Å². The minimum atomic E-state index is -0.194. The van der Waals surface area contributed by atoms with E-state index in [1.54, 1.807) is 0 Å². The van der Waals surface area contributed by atoms with Crippen LogP contribution < -0.4 is 5.73 Å². The molecule has 3 heteroatoms. The lowest BCUT2D eigenvalue weighted by atomic mass is 9.91. The van der Waals surface area contributed by atoms with Gasteiger partial charge in [-0.1, -0.05) is 18.2 Å². The Morgan fingerprint density at radius 1 is 1.37 bits per heavy atom. The Morgan fingerprint density at radius 3 is 2.95 bits per heavy atom. The van der Waals surface area contributed by atoms with E-state index in [0.29, 0.717) is 0 Å². The zero-order valence-electron chi connectivity index (χ0n) is 11.8. The second kappa shape index (κ2) is 4.66. The normalized spacial score (nSPS) is 22.7. The maximum Gasteiger partial charge on any atom is 0.106 e. The number of aromatic nitrogens is 1. The second-order valence-corrected chi connectivity index (χ2v) is 5.61. The van der Waals surface area contributed by atoms with Crippen molar-refractivity contribution in [1.82, 2.24) is 4.57 Å². The summed E-state index contributed by atoms with van der Waals surface area (Å²) in [7, 11) is 0. The van der Waals surface area contributed by atoms with Crippen LogP contribution in [-0.2, 0) is 16.9 Å². The first-order valence-electron chi connectivity index (χ1n) is 7.10. The highest BCUT2D eigenvalue weighted by atomic mass is 16.5. The lowest BCUT2D eigenvalue weighted by Gasteiger charge is -2.36. The number of hydrogen-bond donors (Lipinski definition) is 1. The van der Waals surface area contributed by atoms with E-state index in [-0.39, 0.29) is 5.60 Å². The molecule has 0 radical (unpaired) electrons. The van der Waals surface area contributed by atoms with Crippen molar-refractivity contribution < 1.29 is 4.74 Å². The van der Waals surface area contributed by atoms with Gasteiger partial charge in [0.1, 0.15) is 5.60 Å². The van der Waals surface area contributed by atoms with Gasteiger partial charge in [-0.15, -0.1) is 0 Å². The number of nitrogens with zero attached hydrogens (tertiary/aromatic N) is 1. The maximum absolute atomic E-state index is 6.13. The first-order valence-corrected chi connectivity index (χ1v) is 7.10. The van der Waals surface area contributed by atoms with Crippen molar-refractivity contribution in [1.29, 1.82) is 0 Å². The summed E-state index contributed by atoms with van der Waals surface area (Å²) >= 11 is 0. The summed E-state index contributed by atoms with van der Waals surface area (Å²) < 4.78 is 8.56. The molecule has 1 aliphatic rings. The molecule has 3 rings (SSSR count). The van der Waals surface area contributed by atoms with E-state index < -0.39 is 0 Å². The Balaban J connectivity index is 2.19. The molecule has 0 fully saturated rings. The third-order valence-corrected chi connectivity index (χ3v) is 4.32. The van der Waals surface area contributed by atoms with E-state index in [1.165, 1.54) is 22.2 Å². The molecule has 0 saturated heterocycles. The second-order valence-electron chi connectivity index (χ2n) is 5.61. The molecule has 102 valence electrons.